The predicted octanol–water partition coefficient (Wildman–Crippen LogP) is 2.04. The fourth-order valence-corrected chi connectivity index (χ4v) is 3.63. The third kappa shape index (κ3) is 2.48. The number of non-ortho nitro benzene ring substituents is 1. The molecule has 0 bridgehead atoms. The molecule has 3 rings (SSSR count). The number of rotatable bonds is 3. The minimum absolute atomic E-state index is 0.210. The van der Waals surface area contributed by atoms with Gasteiger partial charge in [-0.05, 0) is 13.0 Å². The van der Waals surface area contributed by atoms with Gasteiger partial charge in [0.2, 0.25) is 0 Å². The minimum Gasteiger partial charge on any atom is -0.462 e. The zero-order valence-corrected chi connectivity index (χ0v) is 12.9. The summed E-state index contributed by atoms with van der Waals surface area (Å²) in [6, 6.07) is 2.72. The molecule has 2 N–H and O–H groups in total. The molecular formula is C15H17F2N3O4. The number of nitro groups is 1. The molecule has 0 saturated carbocycles. The van der Waals surface area contributed by atoms with Crippen LogP contribution in [0.1, 0.15) is 18.9 Å². The molecular weight excluding hydrogens is 324 g/mol. The lowest BCUT2D eigenvalue weighted by Crippen LogP contribution is -2.57. The maximum absolute atomic E-state index is 14.5. The number of nitrogens with zero attached hydrogens (tertiary/aromatic N) is 2. The van der Waals surface area contributed by atoms with Crippen LogP contribution in [0.3, 0.4) is 0 Å². The number of nitro benzene ring substituents is 1. The Morgan fingerprint density at radius 3 is 2.96 bits per heavy atom. The molecule has 0 aromatic heterocycles. The minimum atomic E-state index is -1.72. The van der Waals surface area contributed by atoms with Gasteiger partial charge in [0.1, 0.15) is 24.1 Å². The smallest absolute Gasteiger partial charge is 0.283 e. The first-order valence-electron chi connectivity index (χ1n) is 7.53. The summed E-state index contributed by atoms with van der Waals surface area (Å²) in [5.41, 5.74) is 3.41. The van der Waals surface area contributed by atoms with Crippen LogP contribution in [0, 0.1) is 21.8 Å². The van der Waals surface area contributed by atoms with Gasteiger partial charge in [-0.15, -0.1) is 0 Å². The molecule has 0 unspecified atom stereocenters. The number of nitrogens with two attached hydrogens (primary N) is 1. The summed E-state index contributed by atoms with van der Waals surface area (Å²) in [5, 5.41) is 11.0. The van der Waals surface area contributed by atoms with Gasteiger partial charge in [-0.25, -0.2) is 13.8 Å². The first-order chi connectivity index (χ1) is 11.4. The van der Waals surface area contributed by atoms with E-state index < -0.39 is 41.1 Å². The third-order valence-corrected chi connectivity index (χ3v) is 4.65. The summed E-state index contributed by atoms with van der Waals surface area (Å²) in [6.45, 7) is 1.04. The number of halogens is 2. The largest absolute Gasteiger partial charge is 0.462 e. The monoisotopic (exact) mass is 341 g/mol. The van der Waals surface area contributed by atoms with Crippen molar-refractivity contribution in [1.82, 2.24) is 0 Å². The number of fused-ring (bicyclic) bond motifs is 1. The summed E-state index contributed by atoms with van der Waals surface area (Å²) < 4.78 is 39.8. The second-order valence-electron chi connectivity index (χ2n) is 5.98. The summed E-state index contributed by atoms with van der Waals surface area (Å²) in [5.74, 6) is -1.44. The topological polar surface area (TPSA) is 100.0 Å². The number of hydrogen-bond acceptors (Lipinski definition) is 6. The highest BCUT2D eigenvalue weighted by atomic mass is 19.1. The summed E-state index contributed by atoms with van der Waals surface area (Å²) in [4.78, 5) is 14.4. The first kappa shape index (κ1) is 16.6. The summed E-state index contributed by atoms with van der Waals surface area (Å²) >= 11 is 0. The number of benzene rings is 1. The quantitative estimate of drug-likeness (QED) is 0.670. The standard InChI is InChI=1S/C15H17F2N3O4/c1-8-13-12(4-5-23-8)24-14(18)19-15(13,7-16)10-6-9(20(21)22)2-3-11(10)17/h2-3,6,8,12-13H,4-5,7H2,1H3,(H2,18,19)/t8-,12+,13-,15+/m0/s1. The van der Waals surface area contributed by atoms with E-state index in [9.17, 15) is 18.9 Å². The van der Waals surface area contributed by atoms with E-state index in [1.54, 1.807) is 6.92 Å². The number of alkyl halides is 1. The fourth-order valence-electron chi connectivity index (χ4n) is 3.63. The average Bonchev–Trinajstić information content (AvgIpc) is 2.54. The van der Waals surface area contributed by atoms with Crippen molar-refractivity contribution in [3.05, 3.63) is 39.7 Å². The van der Waals surface area contributed by atoms with Crippen LogP contribution >= 0.6 is 0 Å². The molecule has 2 aliphatic rings. The van der Waals surface area contributed by atoms with Crippen molar-refractivity contribution in [2.75, 3.05) is 13.3 Å². The number of hydrogen-bond donors (Lipinski definition) is 1. The lowest BCUT2D eigenvalue weighted by Gasteiger charge is -2.48. The second-order valence-corrected chi connectivity index (χ2v) is 5.98. The van der Waals surface area contributed by atoms with Crippen molar-refractivity contribution < 1.29 is 23.2 Å². The number of ether oxygens (including phenoxy) is 2. The Morgan fingerprint density at radius 2 is 2.29 bits per heavy atom. The molecule has 130 valence electrons. The number of aliphatic imine (C=N–C) groups is 1. The molecule has 2 aliphatic heterocycles. The Balaban J connectivity index is 2.21. The van der Waals surface area contributed by atoms with Gasteiger partial charge in [0, 0.05) is 24.1 Å². The fraction of sp³-hybridized carbons (Fsp3) is 0.533. The molecule has 1 aromatic carbocycles. The van der Waals surface area contributed by atoms with E-state index in [2.05, 4.69) is 4.99 Å². The Hall–Kier alpha value is -2.29. The predicted molar refractivity (Wildman–Crippen MR) is 80.7 cm³/mol. The zero-order chi connectivity index (χ0) is 17.5. The summed E-state index contributed by atoms with van der Waals surface area (Å²) in [6.07, 6.45) is -0.528. The lowest BCUT2D eigenvalue weighted by atomic mass is 9.71. The molecule has 0 spiro atoms. The van der Waals surface area contributed by atoms with Crippen molar-refractivity contribution in [2.45, 2.75) is 31.1 Å². The van der Waals surface area contributed by atoms with Crippen molar-refractivity contribution in [2.24, 2.45) is 16.6 Å². The Morgan fingerprint density at radius 1 is 1.54 bits per heavy atom. The van der Waals surface area contributed by atoms with E-state index in [1.165, 1.54) is 0 Å². The first-order valence-corrected chi connectivity index (χ1v) is 7.53. The Kier molecular flexibility index (Phi) is 4.12. The third-order valence-electron chi connectivity index (χ3n) is 4.65. The average molecular weight is 341 g/mol. The van der Waals surface area contributed by atoms with Crippen LogP contribution in [0.5, 0.6) is 0 Å². The van der Waals surface area contributed by atoms with E-state index >= 15 is 0 Å². The maximum Gasteiger partial charge on any atom is 0.283 e. The lowest BCUT2D eigenvalue weighted by molar-refractivity contribution is -0.385. The zero-order valence-electron chi connectivity index (χ0n) is 12.9. The molecule has 1 aromatic rings. The second kappa shape index (κ2) is 5.97. The molecule has 1 fully saturated rings. The van der Waals surface area contributed by atoms with E-state index in [-0.39, 0.29) is 17.3 Å². The van der Waals surface area contributed by atoms with E-state index in [4.69, 9.17) is 15.2 Å². The normalized spacial score (nSPS) is 32.5. The van der Waals surface area contributed by atoms with Crippen LogP contribution < -0.4 is 5.73 Å². The van der Waals surface area contributed by atoms with Crippen molar-refractivity contribution in [1.29, 1.82) is 0 Å². The molecule has 24 heavy (non-hydrogen) atoms. The summed E-state index contributed by atoms with van der Waals surface area (Å²) in [7, 11) is 0. The molecule has 2 heterocycles. The van der Waals surface area contributed by atoms with Gasteiger partial charge in [0.05, 0.1) is 23.6 Å². The molecule has 0 radical (unpaired) electrons. The van der Waals surface area contributed by atoms with Gasteiger partial charge in [-0.3, -0.25) is 10.1 Å². The SMILES string of the molecule is C[C@@H]1OCC[C@H]2OC(N)=N[C@](CF)(c3cc([N+](=O)[O-])ccc3F)[C@@H]12. The highest BCUT2D eigenvalue weighted by Crippen LogP contribution is 2.46. The molecule has 1 saturated heterocycles. The van der Waals surface area contributed by atoms with Crippen LogP contribution in [0.2, 0.25) is 0 Å². The molecule has 0 aliphatic carbocycles. The van der Waals surface area contributed by atoms with Crippen LogP contribution in [-0.2, 0) is 15.0 Å². The van der Waals surface area contributed by atoms with Gasteiger partial charge >= 0.3 is 0 Å². The van der Waals surface area contributed by atoms with Gasteiger partial charge in [0.25, 0.3) is 11.7 Å². The van der Waals surface area contributed by atoms with E-state index in [0.29, 0.717) is 13.0 Å². The van der Waals surface area contributed by atoms with Crippen LogP contribution in [0.25, 0.3) is 0 Å². The van der Waals surface area contributed by atoms with Crippen LogP contribution in [0.4, 0.5) is 14.5 Å². The Bertz CT molecular complexity index is 699. The highest BCUT2D eigenvalue weighted by Gasteiger charge is 2.54. The van der Waals surface area contributed by atoms with E-state index in [1.807, 2.05) is 0 Å². The molecule has 4 atom stereocenters. The maximum atomic E-state index is 14.5. The van der Waals surface area contributed by atoms with Crippen LogP contribution in [-0.4, -0.2) is 36.4 Å². The van der Waals surface area contributed by atoms with Crippen LogP contribution in [0.15, 0.2) is 23.2 Å². The van der Waals surface area contributed by atoms with Gasteiger partial charge < -0.3 is 15.2 Å². The highest BCUT2D eigenvalue weighted by molar-refractivity contribution is 5.73. The number of amidine groups is 1. The molecule has 0 amide bonds. The van der Waals surface area contributed by atoms with Gasteiger partial charge in [-0.1, -0.05) is 0 Å². The van der Waals surface area contributed by atoms with E-state index in [0.717, 1.165) is 18.2 Å². The molecule has 9 heteroatoms. The van der Waals surface area contributed by atoms with Crippen molar-refractivity contribution >= 4 is 11.7 Å². The van der Waals surface area contributed by atoms with Crippen molar-refractivity contribution in [3.8, 4) is 0 Å². The Labute approximate surface area is 136 Å². The molecule has 7 nitrogen and oxygen atoms in total. The van der Waals surface area contributed by atoms with Crippen molar-refractivity contribution in [3.63, 3.8) is 0 Å². The van der Waals surface area contributed by atoms with Gasteiger partial charge in [-0.2, -0.15) is 0 Å². The van der Waals surface area contributed by atoms with Gasteiger partial charge in [0.15, 0.2) is 0 Å².